The van der Waals surface area contributed by atoms with Gasteiger partial charge in [-0.15, -0.1) is 11.8 Å². The van der Waals surface area contributed by atoms with E-state index in [1.807, 2.05) is 83.7 Å². The summed E-state index contributed by atoms with van der Waals surface area (Å²) in [6.45, 7) is 0. The van der Waals surface area contributed by atoms with Crippen LogP contribution in [0.2, 0.25) is 0 Å². The van der Waals surface area contributed by atoms with E-state index in [4.69, 9.17) is 9.52 Å². The number of para-hydroxylation sites is 1. The van der Waals surface area contributed by atoms with Crippen LogP contribution in [0.25, 0.3) is 27.4 Å². The standard InChI is InChI=1S/C23H16BrN3OS/c1-29-23(19-13-8-14-28-19)18(15-25)22-20(24)21(16-9-4-2-5-10-16)26-27(22)17-11-6-3-7-12-17/h2-14H,1H3/b23-18+. The molecular weight excluding hydrogens is 446 g/mol. The lowest BCUT2D eigenvalue weighted by Crippen LogP contribution is -2.02. The Kier molecular flexibility index (Phi) is 5.70. The van der Waals surface area contributed by atoms with Gasteiger partial charge < -0.3 is 4.42 Å². The van der Waals surface area contributed by atoms with Gasteiger partial charge in [0, 0.05) is 5.56 Å². The Labute approximate surface area is 181 Å². The minimum atomic E-state index is 0.498. The van der Waals surface area contributed by atoms with E-state index in [2.05, 4.69) is 22.0 Å². The molecule has 0 bridgehead atoms. The summed E-state index contributed by atoms with van der Waals surface area (Å²) in [6.07, 6.45) is 3.55. The van der Waals surface area contributed by atoms with Crippen molar-refractivity contribution in [2.24, 2.45) is 0 Å². The smallest absolute Gasteiger partial charge is 0.141 e. The summed E-state index contributed by atoms with van der Waals surface area (Å²) >= 11 is 5.20. The predicted molar refractivity (Wildman–Crippen MR) is 121 cm³/mol. The third kappa shape index (κ3) is 3.67. The molecule has 0 radical (unpaired) electrons. The molecule has 2 heterocycles. The Balaban J connectivity index is 2.04. The van der Waals surface area contributed by atoms with Crippen LogP contribution in [0.15, 0.2) is 87.9 Å². The number of rotatable bonds is 5. The van der Waals surface area contributed by atoms with Crippen molar-refractivity contribution in [3.63, 3.8) is 0 Å². The number of hydrogen-bond acceptors (Lipinski definition) is 4. The molecule has 29 heavy (non-hydrogen) atoms. The zero-order chi connectivity index (χ0) is 20.2. The number of furan rings is 1. The second kappa shape index (κ2) is 8.56. The van der Waals surface area contributed by atoms with Crippen molar-refractivity contribution in [2.45, 2.75) is 0 Å². The van der Waals surface area contributed by atoms with Gasteiger partial charge in [-0.25, -0.2) is 4.68 Å². The number of aromatic nitrogens is 2. The van der Waals surface area contributed by atoms with Gasteiger partial charge in [-0.3, -0.25) is 0 Å². The molecule has 0 unspecified atom stereocenters. The van der Waals surface area contributed by atoms with Gasteiger partial charge in [0.2, 0.25) is 0 Å². The molecular formula is C23H16BrN3OS. The van der Waals surface area contributed by atoms with E-state index < -0.39 is 0 Å². The third-order valence-corrected chi connectivity index (χ3v) is 5.97. The molecule has 0 spiro atoms. The molecule has 0 aliphatic carbocycles. The van der Waals surface area contributed by atoms with Crippen LogP contribution in [0.4, 0.5) is 0 Å². The molecule has 6 heteroatoms. The highest BCUT2D eigenvalue weighted by molar-refractivity contribution is 9.10. The van der Waals surface area contributed by atoms with Gasteiger partial charge in [0.05, 0.1) is 26.9 Å². The lowest BCUT2D eigenvalue weighted by molar-refractivity contribution is 0.556. The number of nitrogens with zero attached hydrogens (tertiary/aromatic N) is 3. The van der Waals surface area contributed by atoms with Crippen LogP contribution in [-0.2, 0) is 0 Å². The molecule has 4 aromatic rings. The Morgan fingerprint density at radius 1 is 1.03 bits per heavy atom. The maximum atomic E-state index is 10.1. The van der Waals surface area contributed by atoms with Crippen molar-refractivity contribution in [3.8, 4) is 23.0 Å². The summed E-state index contributed by atoms with van der Waals surface area (Å²) < 4.78 is 8.17. The first-order valence-electron chi connectivity index (χ1n) is 8.86. The van der Waals surface area contributed by atoms with Crippen LogP contribution in [0.5, 0.6) is 0 Å². The van der Waals surface area contributed by atoms with Gasteiger partial charge in [-0.1, -0.05) is 48.5 Å². The van der Waals surface area contributed by atoms with Crippen molar-refractivity contribution < 1.29 is 4.42 Å². The van der Waals surface area contributed by atoms with Crippen molar-refractivity contribution >= 4 is 38.2 Å². The molecule has 4 nitrogen and oxygen atoms in total. The summed E-state index contributed by atoms with van der Waals surface area (Å²) in [5.74, 6) is 0.656. The van der Waals surface area contributed by atoms with E-state index in [0.717, 1.165) is 26.3 Å². The summed E-state index contributed by atoms with van der Waals surface area (Å²) in [4.78, 5) is 0.759. The Morgan fingerprint density at radius 2 is 1.72 bits per heavy atom. The molecule has 0 saturated carbocycles. The maximum Gasteiger partial charge on any atom is 0.141 e. The second-order valence-corrected chi connectivity index (χ2v) is 7.73. The lowest BCUT2D eigenvalue weighted by atomic mass is 10.1. The average molecular weight is 462 g/mol. The molecule has 2 aromatic heterocycles. The predicted octanol–water partition coefficient (Wildman–Crippen LogP) is 6.65. The van der Waals surface area contributed by atoms with Crippen LogP contribution < -0.4 is 0 Å². The van der Waals surface area contributed by atoms with Crippen molar-refractivity contribution in [2.75, 3.05) is 6.26 Å². The molecule has 2 aromatic carbocycles. The van der Waals surface area contributed by atoms with Crippen LogP contribution in [-0.4, -0.2) is 16.0 Å². The van der Waals surface area contributed by atoms with Gasteiger partial charge in [-0.05, 0) is 46.5 Å². The number of hydrogen-bond donors (Lipinski definition) is 0. The van der Waals surface area contributed by atoms with E-state index in [1.165, 1.54) is 11.8 Å². The first kappa shape index (κ1) is 19.3. The summed E-state index contributed by atoms with van der Waals surface area (Å²) in [5.41, 5.74) is 3.81. The average Bonchev–Trinajstić information content (AvgIpc) is 3.42. The fourth-order valence-electron chi connectivity index (χ4n) is 3.10. The molecule has 0 amide bonds. The second-order valence-electron chi connectivity index (χ2n) is 6.12. The van der Waals surface area contributed by atoms with Crippen molar-refractivity contribution in [1.82, 2.24) is 9.78 Å². The normalized spacial score (nSPS) is 11.8. The lowest BCUT2D eigenvalue weighted by Gasteiger charge is -2.10. The highest BCUT2D eigenvalue weighted by atomic mass is 79.9. The van der Waals surface area contributed by atoms with Crippen molar-refractivity contribution in [1.29, 1.82) is 5.26 Å². The minimum Gasteiger partial charge on any atom is -0.464 e. The van der Waals surface area contributed by atoms with E-state index in [-0.39, 0.29) is 0 Å². The summed E-state index contributed by atoms with van der Waals surface area (Å²) in [7, 11) is 0. The summed E-state index contributed by atoms with van der Waals surface area (Å²) in [5, 5.41) is 15.0. The Morgan fingerprint density at radius 3 is 2.31 bits per heavy atom. The first-order valence-corrected chi connectivity index (χ1v) is 10.9. The Bertz CT molecular complexity index is 1190. The van der Waals surface area contributed by atoms with E-state index in [1.54, 1.807) is 6.26 Å². The number of halogens is 1. The number of thioether (sulfide) groups is 1. The molecule has 0 fully saturated rings. The molecule has 0 N–H and O–H groups in total. The third-order valence-electron chi connectivity index (χ3n) is 4.40. The van der Waals surface area contributed by atoms with Crippen LogP contribution in [0, 0.1) is 11.3 Å². The monoisotopic (exact) mass is 461 g/mol. The van der Waals surface area contributed by atoms with E-state index >= 15 is 0 Å². The van der Waals surface area contributed by atoms with Crippen molar-refractivity contribution in [3.05, 3.63) is 95.0 Å². The molecule has 0 aliphatic rings. The quantitative estimate of drug-likeness (QED) is 0.312. The fraction of sp³-hybridized carbons (Fsp3) is 0.0435. The first-order chi connectivity index (χ1) is 14.2. The fourth-order valence-corrected chi connectivity index (χ4v) is 4.43. The van der Waals surface area contributed by atoms with Gasteiger partial charge in [0.1, 0.15) is 23.2 Å². The molecule has 0 aliphatic heterocycles. The molecule has 4 rings (SSSR count). The van der Waals surface area contributed by atoms with E-state index in [0.29, 0.717) is 17.0 Å². The molecule has 0 saturated heterocycles. The number of benzene rings is 2. The highest BCUT2D eigenvalue weighted by Gasteiger charge is 2.25. The topological polar surface area (TPSA) is 54.8 Å². The zero-order valence-corrected chi connectivity index (χ0v) is 17.9. The number of nitriles is 1. The zero-order valence-electron chi connectivity index (χ0n) is 15.5. The molecule has 0 atom stereocenters. The van der Waals surface area contributed by atoms with Gasteiger partial charge in [0.15, 0.2) is 0 Å². The molecule has 142 valence electrons. The van der Waals surface area contributed by atoms with Gasteiger partial charge >= 0.3 is 0 Å². The van der Waals surface area contributed by atoms with Crippen LogP contribution >= 0.6 is 27.7 Å². The van der Waals surface area contributed by atoms with Crippen LogP contribution in [0.1, 0.15) is 11.5 Å². The SMILES string of the molecule is CS/C(=C(\C#N)c1c(Br)c(-c2ccccc2)nn1-c1ccccc1)c1ccco1. The minimum absolute atomic E-state index is 0.498. The van der Waals surface area contributed by atoms with Crippen LogP contribution in [0.3, 0.4) is 0 Å². The number of allylic oxidation sites excluding steroid dienone is 1. The van der Waals surface area contributed by atoms with Gasteiger partial charge in [-0.2, -0.15) is 10.4 Å². The highest BCUT2D eigenvalue weighted by Crippen LogP contribution is 2.41. The summed E-state index contributed by atoms with van der Waals surface area (Å²) in [6, 6.07) is 25.8. The Hall–Kier alpha value is -3.01. The largest absolute Gasteiger partial charge is 0.464 e. The van der Waals surface area contributed by atoms with Gasteiger partial charge in [0.25, 0.3) is 0 Å². The van der Waals surface area contributed by atoms with E-state index in [9.17, 15) is 5.26 Å². The maximum absolute atomic E-state index is 10.1.